The van der Waals surface area contributed by atoms with E-state index in [9.17, 15) is 14.7 Å². The Labute approximate surface area is 135 Å². The molecular weight excluding hydrogens is 317 g/mol. The standard InChI is InChI=1S/C8H9NO5P.C8H8/c1-2-13-15(12)14-8-5-3-7(4-6-8)9(10)11;1-2-8-6-4-3-5-7-8/h3-6H,2H2,1H3;2-7H,1H2/q+1;. The molecule has 0 aliphatic heterocycles. The Morgan fingerprint density at radius 1 is 1.17 bits per heavy atom. The highest BCUT2D eigenvalue weighted by Crippen LogP contribution is 2.28. The quantitative estimate of drug-likeness (QED) is 0.422. The fourth-order valence-corrected chi connectivity index (χ4v) is 1.99. The van der Waals surface area contributed by atoms with E-state index in [0.717, 1.165) is 0 Å². The summed E-state index contributed by atoms with van der Waals surface area (Å²) in [5.41, 5.74) is 1.13. The minimum atomic E-state index is -2.20. The zero-order valence-electron chi connectivity index (χ0n) is 12.6. The van der Waals surface area contributed by atoms with Crippen LogP contribution in [0.3, 0.4) is 0 Å². The van der Waals surface area contributed by atoms with Gasteiger partial charge < -0.3 is 0 Å². The lowest BCUT2D eigenvalue weighted by Gasteiger charge is -1.92. The van der Waals surface area contributed by atoms with Crippen molar-refractivity contribution in [1.29, 1.82) is 0 Å². The monoisotopic (exact) mass is 334 g/mol. The molecule has 1 atom stereocenters. The second-order valence-corrected chi connectivity index (χ2v) is 4.99. The van der Waals surface area contributed by atoms with Gasteiger partial charge in [-0.2, -0.15) is 0 Å². The molecule has 0 bridgehead atoms. The summed E-state index contributed by atoms with van der Waals surface area (Å²) in [5.74, 6) is 0.273. The van der Waals surface area contributed by atoms with Crippen molar-refractivity contribution < 1.29 is 18.5 Å². The van der Waals surface area contributed by atoms with Crippen molar-refractivity contribution in [3.63, 3.8) is 0 Å². The Kier molecular flexibility index (Phi) is 8.21. The van der Waals surface area contributed by atoms with E-state index in [1.807, 2.05) is 36.4 Å². The van der Waals surface area contributed by atoms with Crippen molar-refractivity contribution >= 4 is 20.0 Å². The van der Waals surface area contributed by atoms with Crippen LogP contribution in [0.25, 0.3) is 6.08 Å². The van der Waals surface area contributed by atoms with Gasteiger partial charge >= 0.3 is 8.25 Å². The van der Waals surface area contributed by atoms with Gasteiger partial charge in [-0.15, -0.1) is 4.52 Å². The Morgan fingerprint density at radius 2 is 1.78 bits per heavy atom. The van der Waals surface area contributed by atoms with Gasteiger partial charge in [0.05, 0.1) is 4.92 Å². The zero-order valence-corrected chi connectivity index (χ0v) is 13.5. The van der Waals surface area contributed by atoms with Crippen LogP contribution in [0.2, 0.25) is 0 Å². The maximum atomic E-state index is 11.0. The third kappa shape index (κ3) is 7.31. The third-order valence-electron chi connectivity index (χ3n) is 2.50. The maximum Gasteiger partial charge on any atom is 0.750 e. The van der Waals surface area contributed by atoms with Crippen LogP contribution in [0.1, 0.15) is 12.5 Å². The normalized spacial score (nSPS) is 10.0. The molecule has 2 rings (SSSR count). The summed E-state index contributed by atoms with van der Waals surface area (Å²) in [4.78, 5) is 9.80. The molecule has 0 spiro atoms. The summed E-state index contributed by atoms with van der Waals surface area (Å²) in [6, 6.07) is 15.3. The average Bonchev–Trinajstić information content (AvgIpc) is 2.57. The lowest BCUT2D eigenvalue weighted by atomic mass is 10.2. The molecule has 0 N–H and O–H groups in total. The molecule has 0 heterocycles. The summed E-state index contributed by atoms with van der Waals surface area (Å²) < 4.78 is 20.5. The molecule has 7 heteroatoms. The van der Waals surface area contributed by atoms with Crippen molar-refractivity contribution in [3.05, 3.63) is 76.9 Å². The van der Waals surface area contributed by atoms with Crippen LogP contribution >= 0.6 is 8.25 Å². The van der Waals surface area contributed by atoms with Crippen molar-refractivity contribution in [2.45, 2.75) is 6.92 Å². The van der Waals surface area contributed by atoms with E-state index in [1.165, 1.54) is 29.8 Å². The van der Waals surface area contributed by atoms with Crippen LogP contribution < -0.4 is 4.52 Å². The number of nitro benzene ring substituents is 1. The van der Waals surface area contributed by atoms with E-state index in [0.29, 0.717) is 0 Å². The Morgan fingerprint density at radius 3 is 2.22 bits per heavy atom. The zero-order chi connectivity index (χ0) is 17.1. The van der Waals surface area contributed by atoms with Gasteiger partial charge in [0.1, 0.15) is 6.61 Å². The van der Waals surface area contributed by atoms with Gasteiger partial charge in [0.25, 0.3) is 5.69 Å². The average molecular weight is 334 g/mol. The molecule has 0 fully saturated rings. The fourth-order valence-electron chi connectivity index (χ4n) is 1.44. The van der Waals surface area contributed by atoms with Gasteiger partial charge in [-0.05, 0) is 24.6 Å². The van der Waals surface area contributed by atoms with E-state index in [-0.39, 0.29) is 18.0 Å². The van der Waals surface area contributed by atoms with Crippen LogP contribution in [-0.4, -0.2) is 11.5 Å². The van der Waals surface area contributed by atoms with E-state index in [1.54, 1.807) is 6.92 Å². The first-order chi connectivity index (χ1) is 11.1. The molecule has 2 aromatic carbocycles. The van der Waals surface area contributed by atoms with E-state index in [4.69, 9.17) is 4.52 Å². The molecule has 0 aromatic heterocycles. The Hall–Kier alpha value is -2.56. The minimum Gasteiger partial charge on any atom is -0.258 e. The third-order valence-corrected chi connectivity index (χ3v) is 3.33. The van der Waals surface area contributed by atoms with Crippen LogP contribution in [0.4, 0.5) is 5.69 Å². The minimum absolute atomic E-state index is 0.0472. The van der Waals surface area contributed by atoms with Crippen molar-refractivity contribution in [2.75, 3.05) is 6.61 Å². The molecule has 2 aromatic rings. The predicted octanol–water partition coefficient (Wildman–Crippen LogP) is 5.00. The van der Waals surface area contributed by atoms with Crippen molar-refractivity contribution in [2.24, 2.45) is 0 Å². The molecule has 120 valence electrons. The first-order valence-electron chi connectivity index (χ1n) is 6.77. The van der Waals surface area contributed by atoms with Gasteiger partial charge in [0.15, 0.2) is 5.75 Å². The van der Waals surface area contributed by atoms with Crippen molar-refractivity contribution in [1.82, 2.24) is 0 Å². The lowest BCUT2D eigenvalue weighted by molar-refractivity contribution is -0.384. The van der Waals surface area contributed by atoms with E-state index >= 15 is 0 Å². The van der Waals surface area contributed by atoms with Crippen LogP contribution in [0.15, 0.2) is 61.2 Å². The smallest absolute Gasteiger partial charge is 0.258 e. The number of non-ortho nitro benzene ring substituents is 1. The molecule has 0 aliphatic carbocycles. The van der Waals surface area contributed by atoms with Crippen molar-refractivity contribution in [3.8, 4) is 5.75 Å². The molecule has 23 heavy (non-hydrogen) atoms. The van der Waals surface area contributed by atoms with E-state index < -0.39 is 13.2 Å². The SMILES string of the molecule is C=Cc1ccccc1.CCO[P+](=O)Oc1ccc([N+](=O)[O-])cc1. The number of hydrogen-bond acceptors (Lipinski definition) is 5. The van der Waals surface area contributed by atoms with Crippen LogP contribution in [-0.2, 0) is 9.09 Å². The summed E-state index contributed by atoms with van der Waals surface area (Å²) in [6.45, 7) is 5.60. The number of nitro groups is 1. The molecular formula is C16H17NO5P+. The van der Waals surface area contributed by atoms with Crippen LogP contribution in [0, 0.1) is 10.1 Å². The van der Waals surface area contributed by atoms with Crippen LogP contribution in [0.5, 0.6) is 5.75 Å². The summed E-state index contributed by atoms with van der Waals surface area (Å²) in [7, 11) is -2.20. The highest BCUT2D eigenvalue weighted by molar-refractivity contribution is 7.33. The summed E-state index contributed by atoms with van der Waals surface area (Å²) in [5, 5.41) is 10.3. The summed E-state index contributed by atoms with van der Waals surface area (Å²) in [6.07, 6.45) is 1.83. The highest BCUT2D eigenvalue weighted by atomic mass is 31.1. The Balaban J connectivity index is 0.000000277. The number of hydrogen-bond donors (Lipinski definition) is 0. The second-order valence-electron chi connectivity index (χ2n) is 4.10. The fraction of sp³-hybridized carbons (Fsp3) is 0.125. The first-order valence-corrected chi connectivity index (χ1v) is 7.86. The molecule has 1 unspecified atom stereocenters. The van der Waals surface area contributed by atoms with Gasteiger partial charge in [0.2, 0.25) is 0 Å². The number of nitrogens with zero attached hydrogens (tertiary/aromatic N) is 1. The predicted molar refractivity (Wildman–Crippen MR) is 89.5 cm³/mol. The topological polar surface area (TPSA) is 78.7 Å². The molecule has 6 nitrogen and oxygen atoms in total. The van der Waals surface area contributed by atoms with Gasteiger partial charge in [-0.1, -0.05) is 43.0 Å². The second kappa shape index (κ2) is 10.2. The maximum absolute atomic E-state index is 11.0. The number of benzene rings is 2. The highest BCUT2D eigenvalue weighted by Gasteiger charge is 2.21. The molecule has 0 aliphatic rings. The summed E-state index contributed by atoms with van der Waals surface area (Å²) >= 11 is 0. The largest absolute Gasteiger partial charge is 0.750 e. The molecule has 0 amide bonds. The number of rotatable bonds is 6. The molecule has 0 saturated carbocycles. The van der Waals surface area contributed by atoms with Gasteiger partial charge in [-0.25, -0.2) is 4.52 Å². The lowest BCUT2D eigenvalue weighted by Crippen LogP contribution is -1.89. The van der Waals surface area contributed by atoms with Gasteiger partial charge in [-0.3, -0.25) is 10.1 Å². The van der Waals surface area contributed by atoms with E-state index in [2.05, 4.69) is 11.1 Å². The van der Waals surface area contributed by atoms with Gasteiger partial charge in [0, 0.05) is 16.7 Å². The first kappa shape index (κ1) is 18.5. The molecule has 0 saturated heterocycles. The Bertz CT molecular complexity index is 643. The molecule has 0 radical (unpaired) electrons.